The van der Waals surface area contributed by atoms with Gasteiger partial charge in [0.15, 0.2) is 5.82 Å². The Labute approximate surface area is 113 Å². The highest BCUT2D eigenvalue weighted by Crippen LogP contribution is 2.36. The number of aryl methyl sites for hydroxylation is 1. The van der Waals surface area contributed by atoms with Crippen LogP contribution < -0.4 is 11.1 Å². The third-order valence-electron chi connectivity index (χ3n) is 3.22. The maximum Gasteiger partial charge on any atom is 0.221 e. The summed E-state index contributed by atoms with van der Waals surface area (Å²) in [4.78, 5) is 8.24. The Kier molecular flexibility index (Phi) is 2.02. The summed E-state index contributed by atoms with van der Waals surface area (Å²) in [6.07, 6.45) is 1.62. The fraction of sp³-hybridized carbons (Fsp3) is 0.0833. The van der Waals surface area contributed by atoms with Crippen LogP contribution in [0.3, 0.4) is 0 Å². The Morgan fingerprint density at radius 2 is 2.20 bits per heavy atom. The van der Waals surface area contributed by atoms with E-state index in [1.54, 1.807) is 10.9 Å². The summed E-state index contributed by atoms with van der Waals surface area (Å²) in [5, 5.41) is 15.2. The van der Waals surface area contributed by atoms with Crippen molar-refractivity contribution in [1.82, 2.24) is 30.2 Å². The van der Waals surface area contributed by atoms with E-state index in [2.05, 4.69) is 30.8 Å². The Hall–Kier alpha value is -3.03. The lowest BCUT2D eigenvalue weighted by Gasteiger charge is -2.10. The van der Waals surface area contributed by atoms with E-state index in [1.165, 1.54) is 0 Å². The fourth-order valence-corrected chi connectivity index (χ4v) is 2.33. The van der Waals surface area contributed by atoms with Gasteiger partial charge in [-0.1, -0.05) is 12.1 Å². The highest BCUT2D eigenvalue weighted by atomic mass is 15.5. The average Bonchev–Trinajstić information content (AvgIpc) is 2.83. The van der Waals surface area contributed by atoms with Gasteiger partial charge in [-0.05, 0) is 29.0 Å². The van der Waals surface area contributed by atoms with Gasteiger partial charge in [-0.3, -0.25) is 0 Å². The van der Waals surface area contributed by atoms with Gasteiger partial charge >= 0.3 is 0 Å². The number of hydrogen-bond donors (Lipinski definition) is 2. The first-order chi connectivity index (χ1) is 9.74. The van der Waals surface area contributed by atoms with Crippen LogP contribution in [0.1, 0.15) is 5.56 Å². The zero-order chi connectivity index (χ0) is 13.7. The Morgan fingerprint density at radius 3 is 3.10 bits per heavy atom. The lowest BCUT2D eigenvalue weighted by molar-refractivity contribution is 0.789. The van der Waals surface area contributed by atoms with Crippen LogP contribution in [0.15, 0.2) is 24.4 Å². The molecule has 0 saturated heterocycles. The van der Waals surface area contributed by atoms with Gasteiger partial charge in [-0.15, -0.1) is 5.10 Å². The molecule has 3 aromatic rings. The summed E-state index contributed by atoms with van der Waals surface area (Å²) in [6.45, 7) is 2.00. The molecule has 0 unspecified atom stereocenters. The Balaban J connectivity index is 2.11. The first-order valence-electron chi connectivity index (χ1n) is 6.02. The summed E-state index contributed by atoms with van der Waals surface area (Å²) in [5.74, 6) is 1.38. The Morgan fingerprint density at radius 1 is 1.30 bits per heavy atom. The molecule has 0 fully saturated rings. The van der Waals surface area contributed by atoms with E-state index >= 15 is 0 Å². The molecule has 8 nitrogen and oxygen atoms in total. The first-order valence-corrected chi connectivity index (χ1v) is 6.02. The highest BCUT2D eigenvalue weighted by Gasteiger charge is 2.24. The predicted octanol–water partition coefficient (Wildman–Crippen LogP) is 1.07. The van der Waals surface area contributed by atoms with Gasteiger partial charge in [-0.2, -0.15) is 9.67 Å². The number of para-hydroxylation sites is 1. The number of fused-ring (bicyclic) bond motifs is 5. The van der Waals surface area contributed by atoms with Crippen molar-refractivity contribution in [1.29, 1.82) is 0 Å². The number of hydrogen-bond acceptors (Lipinski definition) is 7. The summed E-state index contributed by atoms with van der Waals surface area (Å²) in [7, 11) is 0. The minimum Gasteiger partial charge on any atom is -0.368 e. The highest BCUT2D eigenvalue weighted by molar-refractivity contribution is 5.82. The van der Waals surface area contributed by atoms with Crippen molar-refractivity contribution >= 4 is 17.5 Å². The second-order valence-electron chi connectivity index (χ2n) is 4.50. The minimum atomic E-state index is 0.200. The third-order valence-corrected chi connectivity index (χ3v) is 3.22. The zero-order valence-corrected chi connectivity index (χ0v) is 10.6. The Bertz CT molecular complexity index is 822. The van der Waals surface area contributed by atoms with Gasteiger partial charge < -0.3 is 11.1 Å². The molecule has 0 saturated carbocycles. The van der Waals surface area contributed by atoms with Crippen LogP contribution >= 0.6 is 0 Å². The fourth-order valence-electron chi connectivity index (χ4n) is 2.33. The molecule has 1 aromatic carbocycles. The van der Waals surface area contributed by atoms with Gasteiger partial charge in [0.2, 0.25) is 5.95 Å². The quantitative estimate of drug-likeness (QED) is 0.490. The van der Waals surface area contributed by atoms with Crippen LogP contribution in [0.4, 0.5) is 17.5 Å². The van der Waals surface area contributed by atoms with Gasteiger partial charge in [0, 0.05) is 6.20 Å². The molecule has 2 aromatic heterocycles. The molecule has 98 valence electrons. The molecule has 4 rings (SSSR count). The smallest absolute Gasteiger partial charge is 0.221 e. The maximum absolute atomic E-state index is 5.66. The number of aromatic nitrogens is 6. The SMILES string of the molecule is Cc1cccc2c1-n1nnnc1-c1cnc(N)nc1N2. The summed E-state index contributed by atoms with van der Waals surface area (Å²) in [6, 6.07) is 5.91. The van der Waals surface area contributed by atoms with Crippen molar-refractivity contribution < 1.29 is 0 Å². The lowest BCUT2D eigenvalue weighted by Crippen LogP contribution is -2.02. The molecule has 0 atom stereocenters. The number of nitrogens with one attached hydrogen (secondary N) is 1. The van der Waals surface area contributed by atoms with E-state index in [0.717, 1.165) is 16.9 Å². The molecule has 0 amide bonds. The lowest BCUT2D eigenvalue weighted by atomic mass is 10.1. The number of tetrazole rings is 1. The average molecular weight is 266 g/mol. The predicted molar refractivity (Wildman–Crippen MR) is 72.6 cm³/mol. The molecule has 0 spiro atoms. The largest absolute Gasteiger partial charge is 0.368 e. The van der Waals surface area contributed by atoms with E-state index in [4.69, 9.17) is 5.73 Å². The van der Waals surface area contributed by atoms with Gasteiger partial charge in [0.1, 0.15) is 5.82 Å². The topological polar surface area (TPSA) is 107 Å². The van der Waals surface area contributed by atoms with Crippen molar-refractivity contribution in [3.63, 3.8) is 0 Å². The summed E-state index contributed by atoms with van der Waals surface area (Å²) >= 11 is 0. The van der Waals surface area contributed by atoms with Gasteiger partial charge in [-0.25, -0.2) is 4.98 Å². The molecule has 0 radical (unpaired) electrons. The minimum absolute atomic E-state index is 0.200. The molecular weight excluding hydrogens is 256 g/mol. The van der Waals surface area contributed by atoms with Crippen LogP contribution in [0.2, 0.25) is 0 Å². The van der Waals surface area contributed by atoms with E-state index in [0.29, 0.717) is 17.2 Å². The number of nitrogens with two attached hydrogens (primary N) is 1. The number of anilines is 3. The molecule has 0 bridgehead atoms. The van der Waals surface area contributed by atoms with Crippen molar-refractivity contribution in [3.8, 4) is 17.1 Å². The number of nitrogen functional groups attached to an aromatic ring is 1. The van der Waals surface area contributed by atoms with Gasteiger partial charge in [0.25, 0.3) is 0 Å². The molecular formula is C12H10N8. The van der Waals surface area contributed by atoms with Crippen LogP contribution in [0.5, 0.6) is 0 Å². The van der Waals surface area contributed by atoms with E-state index in [-0.39, 0.29) is 5.95 Å². The van der Waals surface area contributed by atoms with Crippen molar-refractivity contribution in [2.24, 2.45) is 0 Å². The molecule has 3 N–H and O–H groups in total. The number of benzene rings is 1. The number of rotatable bonds is 0. The molecule has 8 heteroatoms. The molecule has 1 aliphatic heterocycles. The van der Waals surface area contributed by atoms with Crippen LogP contribution in [0, 0.1) is 6.92 Å². The van der Waals surface area contributed by atoms with Crippen LogP contribution in [0.25, 0.3) is 17.1 Å². The van der Waals surface area contributed by atoms with E-state index < -0.39 is 0 Å². The van der Waals surface area contributed by atoms with E-state index in [9.17, 15) is 0 Å². The first kappa shape index (κ1) is 10.9. The third kappa shape index (κ3) is 1.38. The molecule has 1 aliphatic rings. The van der Waals surface area contributed by atoms with Crippen molar-refractivity contribution in [3.05, 3.63) is 30.0 Å². The molecule has 0 aliphatic carbocycles. The van der Waals surface area contributed by atoms with Crippen molar-refractivity contribution in [2.45, 2.75) is 6.92 Å². The second kappa shape index (κ2) is 3.73. The van der Waals surface area contributed by atoms with Gasteiger partial charge in [0.05, 0.1) is 16.9 Å². The monoisotopic (exact) mass is 266 g/mol. The van der Waals surface area contributed by atoms with Crippen molar-refractivity contribution in [2.75, 3.05) is 11.1 Å². The molecule has 3 heterocycles. The molecule has 20 heavy (non-hydrogen) atoms. The summed E-state index contributed by atoms with van der Waals surface area (Å²) < 4.78 is 1.68. The standard InChI is InChI=1S/C12H10N8/c1-6-3-2-4-8-9(6)20-11(17-18-19-20)7-5-14-12(13)16-10(7)15-8/h2-5H,1H3,(H3,13,14,15,16). The van der Waals surface area contributed by atoms with Crippen LogP contribution in [-0.2, 0) is 0 Å². The van der Waals surface area contributed by atoms with Crippen LogP contribution in [-0.4, -0.2) is 30.2 Å². The zero-order valence-electron chi connectivity index (χ0n) is 10.6. The number of nitrogens with zero attached hydrogens (tertiary/aromatic N) is 6. The second-order valence-corrected chi connectivity index (χ2v) is 4.50. The van der Waals surface area contributed by atoms with E-state index in [1.807, 2.05) is 25.1 Å². The summed E-state index contributed by atoms with van der Waals surface area (Å²) in [5.41, 5.74) is 9.18. The maximum atomic E-state index is 5.66. The normalized spacial score (nSPS) is 11.8.